The molecule has 0 bridgehead atoms. The molecule has 4 saturated carbocycles. The quantitative estimate of drug-likeness (QED) is 0.0200. The van der Waals surface area contributed by atoms with Crippen molar-refractivity contribution in [1.82, 2.24) is 16.0 Å². The molecule has 4 rings (SSSR count). The minimum atomic E-state index is -1.21. The average molecular weight is 1260 g/mol. The summed E-state index contributed by atoms with van der Waals surface area (Å²) >= 11 is 0. The molecule has 10 nitrogen and oxygen atoms in total. The molecule has 63 radical (unpaired) electrons. The van der Waals surface area contributed by atoms with Gasteiger partial charge in [-0.15, -0.1) is 0 Å². The summed E-state index contributed by atoms with van der Waals surface area (Å²) in [7, 11) is 189. The molecule has 4 fully saturated rings. The van der Waals surface area contributed by atoms with E-state index < -0.39 is 196 Å². The first-order chi connectivity index (χ1) is 47.7. The van der Waals surface area contributed by atoms with Crippen LogP contribution in [0.15, 0.2) is 0 Å². The Morgan fingerprint density at radius 2 is 0.874 bits per heavy atom. The molecule has 0 heterocycles. The maximum Gasteiger partial charge on any atom is 0.328 e. The molecule has 7 N–H and O–H groups in total. The van der Waals surface area contributed by atoms with Crippen LogP contribution < -0.4 is 21.8 Å². The molecule has 69 heteroatoms. The predicted octanol–water partition coefficient (Wildman–Crippen LogP) is -18.7. The van der Waals surface area contributed by atoms with E-state index in [-0.39, 0.29) is 18.6 Å². The van der Waals surface area contributed by atoms with Gasteiger partial charge in [0.2, 0.25) is 11.8 Å². The van der Waals surface area contributed by atoms with Crippen LogP contribution in [0.3, 0.4) is 0 Å². The van der Waals surface area contributed by atoms with Crippen molar-refractivity contribution in [3.8, 4) is 0 Å². The van der Waals surface area contributed by atoms with Gasteiger partial charge < -0.3 is 31.0 Å². The van der Waals surface area contributed by atoms with Crippen molar-refractivity contribution < 1.29 is 29.4 Å². The number of nitrogens with two attached hydrogens (primary N) is 1. The van der Waals surface area contributed by atoms with Crippen molar-refractivity contribution >= 4 is 437 Å². The number of aliphatic hydroxyl groups is 1. The molecule has 0 spiro atoms. The van der Waals surface area contributed by atoms with Crippen LogP contribution >= 0.6 is 0 Å². The maximum atomic E-state index is 12.7. The van der Waals surface area contributed by atoms with Gasteiger partial charge in [-0.05, 0) is 137 Å². The molecular formula is C34H60B59N4O6. The third kappa shape index (κ3) is 28.2. The van der Waals surface area contributed by atoms with Gasteiger partial charge in [0, 0.05) is 432 Å². The van der Waals surface area contributed by atoms with E-state index in [1.807, 2.05) is 0 Å². The van der Waals surface area contributed by atoms with E-state index >= 15 is 0 Å². The number of rotatable bonds is 41. The van der Waals surface area contributed by atoms with E-state index in [2.05, 4.69) is 41.6 Å². The monoisotopic (exact) mass is 1270 g/mol. The van der Waals surface area contributed by atoms with Crippen molar-refractivity contribution in [2.75, 3.05) is 20.2 Å². The molecule has 429 valence electrons. The van der Waals surface area contributed by atoms with Gasteiger partial charge in [-0.2, -0.15) is 0 Å². The summed E-state index contributed by atoms with van der Waals surface area (Å²) in [6, 6.07) is -1.74. The summed E-state index contributed by atoms with van der Waals surface area (Å²) in [4.78, 5) is 40.8. The van der Waals surface area contributed by atoms with Crippen LogP contribution in [0.5, 0.6) is 0 Å². The summed E-state index contributed by atoms with van der Waals surface area (Å²) in [5, 5.41) is 28.0. The molecule has 2 amide bonds. The van der Waals surface area contributed by atoms with Gasteiger partial charge in [-0.3, -0.25) is 9.59 Å². The average Bonchev–Trinajstić information content (AvgIpc) is 1.68. The number of carboxylic acids is 1. The number of likely N-dealkylation sites (N-methyl/N-ethyl adjacent to an activating group) is 1. The lowest BCUT2D eigenvalue weighted by Gasteiger charge is -2.61. The van der Waals surface area contributed by atoms with E-state index in [1.165, 1.54) is 52.0 Å². The lowest BCUT2D eigenvalue weighted by molar-refractivity contribution is -0.144. The molecule has 0 aromatic carbocycles. The van der Waals surface area contributed by atoms with Crippen molar-refractivity contribution in [1.29, 1.82) is 0 Å². The van der Waals surface area contributed by atoms with E-state index in [0.29, 0.717) is 54.4 Å². The number of carbonyl (C=O) groups excluding carboxylic acids is 2. The fraction of sp³-hybridized carbons (Fsp3) is 0.912. The van der Waals surface area contributed by atoms with Crippen LogP contribution in [-0.4, -0.2) is 486 Å². The van der Waals surface area contributed by atoms with E-state index in [1.54, 1.807) is 7.05 Å². The van der Waals surface area contributed by atoms with Crippen molar-refractivity contribution in [2.24, 2.45) is 52.2 Å². The Labute approximate surface area is 678 Å². The molecule has 11 atom stereocenters. The number of nitrogens with one attached hydrogen (secondary N) is 3. The van der Waals surface area contributed by atoms with Gasteiger partial charge in [0.05, 0.1) is 18.8 Å². The molecular weight excluding hydrogens is 1200 g/mol. The number of fused-ring (bicyclic) bond motifs is 5. The van der Waals surface area contributed by atoms with Crippen LogP contribution in [0, 0.1) is 46.3 Å². The lowest BCUT2D eigenvalue weighted by atomic mass is 8.31. The smallest absolute Gasteiger partial charge is 0.328 e. The molecule has 0 aromatic heterocycles. The number of amides is 2. The molecule has 0 saturated heterocycles. The van der Waals surface area contributed by atoms with Gasteiger partial charge in [-0.1, -0.05) is 20.8 Å². The third-order valence-electron chi connectivity index (χ3n) is 24.3. The highest BCUT2D eigenvalue weighted by atomic mass is 16.6. The Morgan fingerprint density at radius 3 is 1.23 bits per heavy atom. The Hall–Kier alpha value is 2.08. The summed E-state index contributed by atoms with van der Waals surface area (Å²) in [6.07, 6.45) is -11.1. The van der Waals surface area contributed by atoms with E-state index in [0.717, 1.165) is 43.4 Å². The van der Waals surface area contributed by atoms with Crippen molar-refractivity contribution in [2.45, 2.75) is 129 Å². The number of carboxylic acid groups (broad SMARTS) is 1. The standard InChI is InChI=1S/C34H60N4O6.B30.B29/c1-21(8-13-30(40)37-18-6-5-7-28(36-4)31(41)38-29(20-44-35)32(42)43)25-11-12-26-24-10-9-22-19-23(39)14-16-33(22,2)27(24)15-17-34(25,26)3;1-17(2)25(18(3)4)29(26(19(5)6)20(7)8)30(27(21(9)10)22(11)12)28(23(13)14)24(15)16;1-16-24(17(2)3)28(25(18(4)5)19(6)7)29(26(20(8)9)21(10)11)27(22(12)13)23(14)15/h21-29,36,39H,5-20,35H2,1-4H3,(H,37,40)(H,38,41)(H,42,43);;/t21?,22-,23-,24?,25?,26?,27?,28?,29?,33+,34-;;/m0../s1. The largest absolute Gasteiger partial charge is 0.480 e. The lowest BCUT2D eigenvalue weighted by Crippen LogP contribution is -2.88. The zero-order valence-corrected chi connectivity index (χ0v) is 61.7. The van der Waals surface area contributed by atoms with Crippen LogP contribution in [0.4, 0.5) is 0 Å². The number of carbonyl (C=O) groups is 3. The topological polar surface area (TPSA) is 163 Å². The Bertz CT molecular complexity index is 2270. The maximum absolute atomic E-state index is 12.7. The van der Waals surface area contributed by atoms with Crippen molar-refractivity contribution in [3.63, 3.8) is 0 Å². The molecule has 0 aromatic rings. The van der Waals surface area contributed by atoms with Crippen LogP contribution in [0.25, 0.3) is 0 Å². The Kier molecular flexibility index (Phi) is 47.0. The zero-order valence-electron chi connectivity index (χ0n) is 61.7. The fourth-order valence-corrected chi connectivity index (χ4v) is 19.5. The SMILES string of the molecule is CNC(CCCCNC(=O)CCC(C)C1CCC2C3CC[C@H]4C[C@@H](O)CC[C@@]4(C)C3CC[C@@]12C)C(=O)NC(CON)C(=O)O.[B]B([B])B(B([B])[B])B(B(B([B])[B])B([B])[B])B(B(B([B])[B])B([B])[B])B(B([B])[B])B([B])[B].[B][B]B(B([B])[B])B(B(B([B])[B])B([B])[B])B(B(B([B])[B])B([B])[B])B(B([B])[B])B([B])[B]. The number of unbranched alkanes of at least 4 members (excludes halogenated alkanes) is 1. The van der Waals surface area contributed by atoms with Gasteiger partial charge in [0.15, 0.2) is 6.04 Å². The highest BCUT2D eigenvalue weighted by molar-refractivity contribution is 8.29. The number of aliphatic hydroxyl groups excluding tert-OH is 1. The molecule has 103 heavy (non-hydrogen) atoms. The van der Waals surface area contributed by atoms with Crippen LogP contribution in [0.2, 0.25) is 0 Å². The van der Waals surface area contributed by atoms with E-state index in [9.17, 15) is 24.6 Å². The van der Waals surface area contributed by atoms with Crippen LogP contribution in [-0.2, 0) is 19.2 Å². The van der Waals surface area contributed by atoms with Crippen LogP contribution in [0.1, 0.15) is 111 Å². The molecule has 0 aliphatic heterocycles. The minimum Gasteiger partial charge on any atom is -0.480 e. The first-order valence-corrected chi connectivity index (χ1v) is 36.4. The minimum absolute atomic E-state index is 0.0884. The Morgan fingerprint density at radius 1 is 0.495 bits per heavy atom. The zero-order chi connectivity index (χ0) is 79.4. The number of hydrogen-bond acceptors (Lipinski definition) is 7. The second-order valence-electron chi connectivity index (χ2n) is 31.0. The van der Waals surface area contributed by atoms with E-state index in [4.69, 9.17) is 246 Å². The first-order valence-electron chi connectivity index (χ1n) is 36.4. The highest BCUT2D eigenvalue weighted by Gasteiger charge is 2.61. The number of aliphatic carboxylic acids is 1. The number of hydrogen-bond donors (Lipinski definition) is 6. The summed E-state index contributed by atoms with van der Waals surface area (Å²) < 4.78 is 0. The molecule has 7 unspecified atom stereocenters. The second-order valence-corrected chi connectivity index (χ2v) is 31.0. The fourth-order valence-electron chi connectivity index (χ4n) is 19.5. The summed E-state index contributed by atoms with van der Waals surface area (Å²) in [5.41, 5.74) is 0.793. The second kappa shape index (κ2) is 47.8. The Balaban J connectivity index is 0.000000545. The van der Waals surface area contributed by atoms with Gasteiger partial charge >= 0.3 is 5.97 Å². The summed E-state index contributed by atoms with van der Waals surface area (Å²) in [5.74, 6) is 7.80. The third-order valence-corrected chi connectivity index (χ3v) is 24.3. The molecule has 4 aliphatic rings. The highest BCUT2D eigenvalue weighted by Crippen LogP contribution is 2.68. The predicted molar refractivity (Wildman–Crippen MR) is 509 cm³/mol. The normalized spacial score (nSPS) is 21.1. The van der Waals surface area contributed by atoms with Crippen molar-refractivity contribution in [3.05, 3.63) is 0 Å². The molecule has 4 aliphatic carbocycles. The van der Waals surface area contributed by atoms with Gasteiger partial charge in [0.1, 0.15) is 0 Å². The van der Waals surface area contributed by atoms with Gasteiger partial charge in [-0.25, -0.2) is 10.7 Å². The summed E-state index contributed by atoms with van der Waals surface area (Å²) in [6.45, 7) is 7.76. The van der Waals surface area contributed by atoms with Gasteiger partial charge in [0.25, 0.3) is 0 Å². The first kappa shape index (κ1) is 101.